The van der Waals surface area contributed by atoms with Crippen LogP contribution < -0.4 is 27.4 Å². The molecule has 5 atom stereocenters. The summed E-state index contributed by atoms with van der Waals surface area (Å²) in [7, 11) is 0. The van der Waals surface area contributed by atoms with Crippen molar-refractivity contribution in [2.45, 2.75) is 70.6 Å². The molecule has 0 aliphatic rings. The Morgan fingerprint density at radius 3 is 1.94 bits per heavy atom. The maximum absolute atomic E-state index is 12.8. The summed E-state index contributed by atoms with van der Waals surface area (Å²) in [5.74, 6) is -6.27. The predicted molar refractivity (Wildman–Crippen MR) is 107 cm³/mol. The summed E-state index contributed by atoms with van der Waals surface area (Å²) >= 11 is 0. The molecule has 0 aromatic heterocycles. The average molecular weight is 445 g/mol. The third-order valence-corrected chi connectivity index (χ3v) is 4.57. The van der Waals surface area contributed by atoms with Gasteiger partial charge in [0.05, 0.1) is 12.5 Å². The van der Waals surface area contributed by atoms with E-state index in [1.807, 2.05) is 0 Å². The third kappa shape index (κ3) is 10.4. The number of carboxylic acid groups (broad SMARTS) is 2. The largest absolute Gasteiger partial charge is 0.481 e. The summed E-state index contributed by atoms with van der Waals surface area (Å²) in [5.41, 5.74) is 10.8. The Bertz CT molecular complexity index is 698. The van der Waals surface area contributed by atoms with Gasteiger partial charge in [0, 0.05) is 6.42 Å². The molecule has 31 heavy (non-hydrogen) atoms. The van der Waals surface area contributed by atoms with Crippen molar-refractivity contribution in [3.8, 4) is 0 Å². The molecular weight excluding hydrogens is 414 g/mol. The zero-order chi connectivity index (χ0) is 24.3. The van der Waals surface area contributed by atoms with Gasteiger partial charge in [0.2, 0.25) is 23.6 Å². The van der Waals surface area contributed by atoms with Crippen molar-refractivity contribution in [2.24, 2.45) is 17.4 Å². The number of carboxylic acids is 2. The zero-order valence-corrected chi connectivity index (χ0v) is 17.7. The van der Waals surface area contributed by atoms with Gasteiger partial charge in [0.15, 0.2) is 0 Å². The van der Waals surface area contributed by atoms with E-state index in [-0.39, 0.29) is 12.8 Å². The minimum Gasteiger partial charge on any atom is -0.481 e. The van der Waals surface area contributed by atoms with Crippen LogP contribution >= 0.6 is 0 Å². The van der Waals surface area contributed by atoms with Crippen LogP contribution in [-0.2, 0) is 28.8 Å². The van der Waals surface area contributed by atoms with Crippen molar-refractivity contribution in [1.82, 2.24) is 16.0 Å². The maximum Gasteiger partial charge on any atom is 0.325 e. The molecule has 176 valence electrons. The topological polar surface area (TPSA) is 231 Å². The number of nitrogens with two attached hydrogens (primary N) is 2. The van der Waals surface area contributed by atoms with E-state index < -0.39 is 72.1 Å². The van der Waals surface area contributed by atoms with Gasteiger partial charge >= 0.3 is 11.9 Å². The highest BCUT2D eigenvalue weighted by molar-refractivity contribution is 5.96. The lowest BCUT2D eigenvalue weighted by Gasteiger charge is -2.27. The van der Waals surface area contributed by atoms with Crippen LogP contribution in [0.4, 0.5) is 0 Å². The molecule has 0 aromatic rings. The van der Waals surface area contributed by atoms with E-state index in [4.69, 9.17) is 21.7 Å². The molecule has 13 nitrogen and oxygen atoms in total. The van der Waals surface area contributed by atoms with Crippen LogP contribution in [0.1, 0.15) is 46.5 Å². The molecular formula is C18H31N5O8. The summed E-state index contributed by atoms with van der Waals surface area (Å²) in [6.45, 7) is 4.61. The minimum absolute atomic E-state index is 0.143. The fourth-order valence-corrected chi connectivity index (χ4v) is 2.42. The number of carbonyl (C=O) groups excluding carboxylic acids is 4. The van der Waals surface area contributed by atoms with Gasteiger partial charge in [-0.05, 0) is 19.3 Å². The highest BCUT2D eigenvalue weighted by Gasteiger charge is 2.32. The smallest absolute Gasteiger partial charge is 0.325 e. The highest BCUT2D eigenvalue weighted by atomic mass is 16.4. The average Bonchev–Trinajstić information content (AvgIpc) is 2.67. The van der Waals surface area contributed by atoms with E-state index in [1.165, 1.54) is 6.92 Å². The fraction of sp³-hybridized carbons (Fsp3) is 0.667. The molecule has 0 aliphatic heterocycles. The molecule has 0 heterocycles. The quantitative estimate of drug-likeness (QED) is 0.151. The van der Waals surface area contributed by atoms with Gasteiger partial charge in [-0.3, -0.25) is 28.8 Å². The maximum atomic E-state index is 12.8. The lowest BCUT2D eigenvalue weighted by molar-refractivity contribution is -0.142. The number of rotatable bonds is 14. The van der Waals surface area contributed by atoms with Crippen LogP contribution in [-0.4, -0.2) is 69.9 Å². The van der Waals surface area contributed by atoms with E-state index in [2.05, 4.69) is 16.0 Å². The Morgan fingerprint density at radius 1 is 0.903 bits per heavy atom. The molecule has 0 aromatic carbocycles. The second kappa shape index (κ2) is 13.2. The van der Waals surface area contributed by atoms with E-state index in [0.717, 1.165) is 0 Å². The van der Waals surface area contributed by atoms with Gasteiger partial charge in [-0.2, -0.15) is 0 Å². The van der Waals surface area contributed by atoms with E-state index in [9.17, 15) is 28.8 Å². The Morgan fingerprint density at radius 2 is 1.48 bits per heavy atom. The second-order valence-corrected chi connectivity index (χ2v) is 7.21. The number of carbonyl (C=O) groups is 6. The first-order valence-corrected chi connectivity index (χ1v) is 9.69. The molecule has 4 amide bonds. The number of hydrogen-bond donors (Lipinski definition) is 7. The Kier molecular flexibility index (Phi) is 11.8. The lowest BCUT2D eigenvalue weighted by Crippen LogP contribution is -2.59. The highest BCUT2D eigenvalue weighted by Crippen LogP contribution is 2.10. The zero-order valence-electron chi connectivity index (χ0n) is 17.7. The van der Waals surface area contributed by atoms with Crippen molar-refractivity contribution in [2.75, 3.05) is 0 Å². The van der Waals surface area contributed by atoms with E-state index >= 15 is 0 Å². The van der Waals surface area contributed by atoms with E-state index in [0.29, 0.717) is 6.42 Å². The SMILES string of the molecule is CCC(C)C(NC(=O)C(N)CCC(=O)O)C(=O)NC(CC(N)=O)C(=O)NC(C)C(=O)O. The summed E-state index contributed by atoms with van der Waals surface area (Å²) in [6, 6.07) is -5.06. The van der Waals surface area contributed by atoms with Gasteiger partial charge in [-0.15, -0.1) is 0 Å². The van der Waals surface area contributed by atoms with Crippen LogP contribution in [0.5, 0.6) is 0 Å². The fourth-order valence-electron chi connectivity index (χ4n) is 2.42. The van der Waals surface area contributed by atoms with Crippen LogP contribution in [0.3, 0.4) is 0 Å². The molecule has 0 aliphatic carbocycles. The first-order chi connectivity index (χ1) is 14.3. The standard InChI is InChI=1S/C18H31N5O8/c1-4-8(2)14(23-15(27)10(19)5-6-13(25)26)17(29)22-11(7-12(20)24)16(28)21-9(3)18(30)31/h8-11,14H,4-7,19H2,1-3H3,(H2,20,24)(H,21,28)(H,22,29)(H,23,27)(H,25,26)(H,30,31). The summed E-state index contributed by atoms with van der Waals surface area (Å²) in [5, 5.41) is 24.5. The van der Waals surface area contributed by atoms with Crippen LogP contribution in [0.15, 0.2) is 0 Å². The molecule has 5 unspecified atom stereocenters. The molecule has 13 heteroatoms. The second-order valence-electron chi connectivity index (χ2n) is 7.21. The molecule has 0 fully saturated rings. The van der Waals surface area contributed by atoms with Crippen molar-refractivity contribution < 1.29 is 39.0 Å². The molecule has 0 bridgehead atoms. The Hall–Kier alpha value is -3.22. The summed E-state index contributed by atoms with van der Waals surface area (Å²) in [6.07, 6.45) is -0.623. The first kappa shape index (κ1) is 27.8. The molecule has 0 saturated heterocycles. The Balaban J connectivity index is 5.40. The number of primary amides is 1. The third-order valence-electron chi connectivity index (χ3n) is 4.57. The summed E-state index contributed by atoms with van der Waals surface area (Å²) < 4.78 is 0. The summed E-state index contributed by atoms with van der Waals surface area (Å²) in [4.78, 5) is 70.2. The molecule has 0 spiro atoms. The predicted octanol–water partition coefficient (Wildman–Crippen LogP) is -2.34. The van der Waals surface area contributed by atoms with Gasteiger partial charge in [0.1, 0.15) is 18.1 Å². The van der Waals surface area contributed by atoms with Crippen LogP contribution in [0, 0.1) is 5.92 Å². The van der Waals surface area contributed by atoms with Crippen molar-refractivity contribution in [3.63, 3.8) is 0 Å². The van der Waals surface area contributed by atoms with Crippen molar-refractivity contribution in [1.29, 1.82) is 0 Å². The lowest BCUT2D eigenvalue weighted by atomic mass is 9.97. The number of aliphatic carboxylic acids is 2. The monoisotopic (exact) mass is 445 g/mol. The molecule has 0 radical (unpaired) electrons. The van der Waals surface area contributed by atoms with Gasteiger partial charge in [0.25, 0.3) is 0 Å². The molecule has 0 rings (SSSR count). The van der Waals surface area contributed by atoms with E-state index in [1.54, 1.807) is 13.8 Å². The van der Waals surface area contributed by atoms with Crippen molar-refractivity contribution >= 4 is 35.6 Å². The van der Waals surface area contributed by atoms with Crippen molar-refractivity contribution in [3.05, 3.63) is 0 Å². The minimum atomic E-state index is -1.46. The van der Waals surface area contributed by atoms with Gasteiger partial charge in [-0.1, -0.05) is 20.3 Å². The first-order valence-electron chi connectivity index (χ1n) is 9.69. The van der Waals surface area contributed by atoms with Crippen LogP contribution in [0.2, 0.25) is 0 Å². The molecule has 9 N–H and O–H groups in total. The van der Waals surface area contributed by atoms with Crippen LogP contribution in [0.25, 0.3) is 0 Å². The number of amides is 4. The van der Waals surface area contributed by atoms with Gasteiger partial charge < -0.3 is 37.6 Å². The number of nitrogens with one attached hydrogen (secondary N) is 3. The number of hydrogen-bond acceptors (Lipinski definition) is 7. The Labute approximate surface area is 179 Å². The molecule has 0 saturated carbocycles. The normalized spacial score (nSPS) is 15.5. The van der Waals surface area contributed by atoms with Gasteiger partial charge in [-0.25, -0.2) is 0 Å².